The van der Waals surface area contributed by atoms with Crippen molar-refractivity contribution in [2.75, 3.05) is 0 Å². The van der Waals surface area contributed by atoms with Crippen LogP contribution in [0.25, 0.3) is 0 Å². The third-order valence-corrected chi connectivity index (χ3v) is 2.87. The maximum atomic E-state index is 11.9. The molecule has 0 spiro atoms. The van der Waals surface area contributed by atoms with Gasteiger partial charge >= 0.3 is 0 Å². The van der Waals surface area contributed by atoms with Crippen molar-refractivity contribution in [2.45, 2.75) is 6.92 Å². The summed E-state index contributed by atoms with van der Waals surface area (Å²) in [6.07, 6.45) is 3.34. The van der Waals surface area contributed by atoms with E-state index in [0.717, 1.165) is 5.56 Å². The number of aromatic nitrogens is 1. The van der Waals surface area contributed by atoms with Gasteiger partial charge in [0.2, 0.25) is 0 Å². The molecule has 2 rings (SSSR count). The smallest absolute Gasteiger partial charge is 0.267 e. The molecular weight excluding hydrogens is 262 g/mol. The van der Waals surface area contributed by atoms with Crippen molar-refractivity contribution < 1.29 is 4.79 Å². The number of hydrogen-bond acceptors (Lipinski definition) is 3. The normalized spacial score (nSPS) is 11.2. The lowest BCUT2D eigenvalue weighted by atomic mass is 10.2. The Balaban J connectivity index is 2.11. The number of amides is 1. The molecule has 4 nitrogen and oxygen atoms in total. The average molecular weight is 274 g/mol. The zero-order chi connectivity index (χ0) is 13.7. The van der Waals surface area contributed by atoms with Crippen LogP contribution >= 0.6 is 11.6 Å². The highest BCUT2D eigenvalue weighted by Gasteiger charge is 2.08. The van der Waals surface area contributed by atoms with Gasteiger partial charge in [0.25, 0.3) is 5.91 Å². The number of carbonyl (C=O) groups excluding carboxylic acids is 1. The summed E-state index contributed by atoms with van der Waals surface area (Å²) in [5, 5.41) is 4.44. The van der Waals surface area contributed by atoms with Crippen LogP contribution in [0.5, 0.6) is 0 Å². The number of nitrogens with zero attached hydrogens (tertiary/aromatic N) is 2. The summed E-state index contributed by atoms with van der Waals surface area (Å²) in [6.45, 7) is 1.81. The number of benzene rings is 1. The fourth-order valence-electron chi connectivity index (χ4n) is 1.50. The second kappa shape index (κ2) is 6.11. The molecule has 1 heterocycles. The molecule has 0 aliphatic carbocycles. The second-order valence-corrected chi connectivity index (χ2v) is 4.26. The Labute approximate surface area is 116 Å². The molecule has 1 aromatic carbocycles. The van der Waals surface area contributed by atoms with Crippen LogP contribution in [0.3, 0.4) is 0 Å². The SMILES string of the molecule is C/C(=N/NC(=O)c1ccccc1Cl)c1ccncc1. The molecular formula is C14H12ClN3O. The Morgan fingerprint density at radius 3 is 2.58 bits per heavy atom. The lowest BCUT2D eigenvalue weighted by Gasteiger charge is -2.04. The quantitative estimate of drug-likeness (QED) is 0.690. The number of nitrogens with one attached hydrogen (secondary N) is 1. The van der Waals surface area contributed by atoms with E-state index in [9.17, 15) is 4.79 Å². The molecule has 0 aliphatic rings. The zero-order valence-electron chi connectivity index (χ0n) is 10.3. The molecule has 1 aromatic heterocycles. The maximum absolute atomic E-state index is 11.9. The van der Waals surface area contributed by atoms with Crippen LogP contribution in [0.2, 0.25) is 5.02 Å². The van der Waals surface area contributed by atoms with E-state index in [1.807, 2.05) is 19.1 Å². The molecule has 96 valence electrons. The van der Waals surface area contributed by atoms with E-state index in [-0.39, 0.29) is 5.91 Å². The molecule has 19 heavy (non-hydrogen) atoms. The van der Waals surface area contributed by atoms with E-state index in [2.05, 4.69) is 15.5 Å². The van der Waals surface area contributed by atoms with Crippen molar-refractivity contribution in [3.8, 4) is 0 Å². The van der Waals surface area contributed by atoms with Gasteiger partial charge < -0.3 is 0 Å². The van der Waals surface area contributed by atoms with Gasteiger partial charge in [-0.1, -0.05) is 23.7 Å². The van der Waals surface area contributed by atoms with Crippen molar-refractivity contribution >= 4 is 23.2 Å². The maximum Gasteiger partial charge on any atom is 0.272 e. The van der Waals surface area contributed by atoms with Crippen molar-refractivity contribution in [1.82, 2.24) is 10.4 Å². The lowest BCUT2D eigenvalue weighted by Crippen LogP contribution is -2.19. The summed E-state index contributed by atoms with van der Waals surface area (Å²) >= 11 is 5.93. The first-order chi connectivity index (χ1) is 9.18. The Bertz CT molecular complexity index is 611. The second-order valence-electron chi connectivity index (χ2n) is 3.85. The lowest BCUT2D eigenvalue weighted by molar-refractivity contribution is 0.0955. The van der Waals surface area contributed by atoms with Crippen LogP contribution in [0.15, 0.2) is 53.9 Å². The van der Waals surface area contributed by atoms with Crippen molar-refractivity contribution in [3.05, 3.63) is 64.9 Å². The van der Waals surface area contributed by atoms with Gasteiger partial charge in [0.15, 0.2) is 0 Å². The monoisotopic (exact) mass is 273 g/mol. The van der Waals surface area contributed by atoms with Gasteiger partial charge in [-0.25, -0.2) is 5.43 Å². The van der Waals surface area contributed by atoms with Gasteiger partial charge in [-0.3, -0.25) is 9.78 Å². The van der Waals surface area contributed by atoms with Gasteiger partial charge in [-0.2, -0.15) is 5.10 Å². The fraction of sp³-hybridized carbons (Fsp3) is 0.0714. The van der Waals surface area contributed by atoms with Gasteiger partial charge in [-0.15, -0.1) is 0 Å². The molecule has 0 saturated carbocycles. The van der Waals surface area contributed by atoms with Crippen LogP contribution in [0.1, 0.15) is 22.8 Å². The summed E-state index contributed by atoms with van der Waals surface area (Å²) in [7, 11) is 0. The van der Waals surface area contributed by atoms with Gasteiger partial charge in [0.1, 0.15) is 0 Å². The molecule has 5 heteroatoms. The third-order valence-electron chi connectivity index (χ3n) is 2.54. The molecule has 1 amide bonds. The zero-order valence-corrected chi connectivity index (χ0v) is 11.1. The molecule has 0 aliphatic heterocycles. The predicted octanol–water partition coefficient (Wildman–Crippen LogP) is 2.89. The molecule has 0 radical (unpaired) electrons. The van der Waals surface area contributed by atoms with Crippen LogP contribution in [-0.4, -0.2) is 16.6 Å². The average Bonchev–Trinajstić information content (AvgIpc) is 2.46. The van der Waals surface area contributed by atoms with Crippen LogP contribution in [-0.2, 0) is 0 Å². The van der Waals surface area contributed by atoms with E-state index >= 15 is 0 Å². The minimum Gasteiger partial charge on any atom is -0.267 e. The van der Waals surface area contributed by atoms with Gasteiger partial charge in [-0.05, 0) is 31.2 Å². The van der Waals surface area contributed by atoms with Gasteiger partial charge in [0, 0.05) is 18.0 Å². The third kappa shape index (κ3) is 3.39. The van der Waals surface area contributed by atoms with E-state index in [1.54, 1.807) is 36.7 Å². The number of halogens is 1. The molecule has 0 bridgehead atoms. The van der Waals surface area contributed by atoms with E-state index in [4.69, 9.17) is 11.6 Å². The molecule has 0 fully saturated rings. The number of pyridine rings is 1. The summed E-state index contributed by atoms with van der Waals surface area (Å²) in [6, 6.07) is 10.5. The van der Waals surface area contributed by atoms with E-state index < -0.39 is 0 Å². The van der Waals surface area contributed by atoms with Crippen molar-refractivity contribution in [2.24, 2.45) is 5.10 Å². The Hall–Kier alpha value is -2.20. The summed E-state index contributed by atoms with van der Waals surface area (Å²) in [4.78, 5) is 15.8. The molecule has 2 aromatic rings. The Morgan fingerprint density at radius 1 is 1.21 bits per heavy atom. The fourth-order valence-corrected chi connectivity index (χ4v) is 1.72. The topological polar surface area (TPSA) is 54.4 Å². The minimum atomic E-state index is -0.334. The van der Waals surface area contributed by atoms with Crippen LogP contribution < -0.4 is 5.43 Å². The van der Waals surface area contributed by atoms with Gasteiger partial charge in [0.05, 0.1) is 16.3 Å². The predicted molar refractivity (Wildman–Crippen MR) is 75.4 cm³/mol. The first kappa shape index (κ1) is 13.2. The number of hydrogen-bond donors (Lipinski definition) is 1. The van der Waals surface area contributed by atoms with E-state index in [1.165, 1.54) is 0 Å². The largest absolute Gasteiger partial charge is 0.272 e. The standard InChI is InChI=1S/C14H12ClN3O/c1-10(11-6-8-16-9-7-11)17-18-14(19)12-4-2-3-5-13(12)15/h2-9H,1H3,(H,18,19)/b17-10-. The molecule has 1 N–H and O–H groups in total. The van der Waals surface area contributed by atoms with Crippen molar-refractivity contribution in [3.63, 3.8) is 0 Å². The number of rotatable bonds is 3. The summed E-state index contributed by atoms with van der Waals surface area (Å²) < 4.78 is 0. The minimum absolute atomic E-state index is 0.334. The molecule has 0 saturated heterocycles. The highest BCUT2D eigenvalue weighted by molar-refractivity contribution is 6.33. The summed E-state index contributed by atoms with van der Waals surface area (Å²) in [5.74, 6) is -0.334. The Kier molecular flexibility index (Phi) is 4.26. The highest BCUT2D eigenvalue weighted by atomic mass is 35.5. The van der Waals surface area contributed by atoms with Crippen LogP contribution in [0, 0.1) is 0 Å². The first-order valence-corrected chi connectivity index (χ1v) is 6.06. The number of carbonyl (C=O) groups is 1. The highest BCUT2D eigenvalue weighted by Crippen LogP contribution is 2.14. The Morgan fingerprint density at radius 2 is 1.89 bits per heavy atom. The summed E-state index contributed by atoms with van der Waals surface area (Å²) in [5.41, 5.74) is 4.48. The first-order valence-electron chi connectivity index (χ1n) is 5.68. The van der Waals surface area contributed by atoms with Crippen molar-refractivity contribution in [1.29, 1.82) is 0 Å². The molecule has 0 atom stereocenters. The van der Waals surface area contributed by atoms with Crippen LogP contribution in [0.4, 0.5) is 0 Å². The molecule has 0 unspecified atom stereocenters. The van der Waals surface area contributed by atoms with E-state index in [0.29, 0.717) is 16.3 Å². The number of hydrazone groups is 1.